The molecule has 1 heterocycles. The van der Waals surface area contributed by atoms with Gasteiger partial charge in [0, 0.05) is 6.07 Å². The number of halogens is 1. The molecule has 0 saturated heterocycles. The number of aromatic nitrogens is 1. The summed E-state index contributed by atoms with van der Waals surface area (Å²) >= 11 is 0. The predicted molar refractivity (Wildman–Crippen MR) is 66.2 cm³/mol. The minimum Gasteiger partial charge on any atom is -0.481 e. The van der Waals surface area contributed by atoms with Gasteiger partial charge in [-0.2, -0.15) is 0 Å². The van der Waals surface area contributed by atoms with Gasteiger partial charge in [0.2, 0.25) is 0 Å². The van der Waals surface area contributed by atoms with Crippen LogP contribution in [0.3, 0.4) is 0 Å². The lowest BCUT2D eigenvalue weighted by Crippen LogP contribution is -2.23. The van der Waals surface area contributed by atoms with E-state index in [1.54, 1.807) is 0 Å². The number of aliphatic carboxylic acids is 1. The van der Waals surface area contributed by atoms with Gasteiger partial charge in [-0.05, 0) is 25.0 Å². The quantitative estimate of drug-likeness (QED) is 0.844. The molecular formula is C14H12FNO3. The van der Waals surface area contributed by atoms with E-state index in [4.69, 9.17) is 4.42 Å². The second-order valence-electron chi connectivity index (χ2n) is 4.66. The SMILES string of the molecule is O=C(O)C1CC=CCC1c1nc2ccc(F)cc2o1. The van der Waals surface area contributed by atoms with E-state index in [9.17, 15) is 14.3 Å². The third kappa shape index (κ3) is 2.12. The van der Waals surface area contributed by atoms with Crippen molar-refractivity contribution >= 4 is 17.1 Å². The lowest BCUT2D eigenvalue weighted by atomic mass is 9.83. The molecule has 0 amide bonds. The highest BCUT2D eigenvalue weighted by atomic mass is 19.1. The molecule has 0 spiro atoms. The molecule has 98 valence electrons. The number of rotatable bonds is 2. The number of allylic oxidation sites excluding steroid dienone is 2. The van der Waals surface area contributed by atoms with E-state index in [0.29, 0.717) is 29.8 Å². The smallest absolute Gasteiger partial charge is 0.307 e. The Hall–Kier alpha value is -2.17. The average Bonchev–Trinajstić information content (AvgIpc) is 2.81. The molecule has 1 aromatic heterocycles. The van der Waals surface area contributed by atoms with Gasteiger partial charge in [0.25, 0.3) is 0 Å². The van der Waals surface area contributed by atoms with Gasteiger partial charge in [-0.15, -0.1) is 0 Å². The molecule has 5 heteroatoms. The Balaban J connectivity index is 2.02. The summed E-state index contributed by atoms with van der Waals surface area (Å²) in [6, 6.07) is 4.11. The molecule has 1 aliphatic carbocycles. The fraction of sp³-hybridized carbons (Fsp3) is 0.286. The average molecular weight is 261 g/mol. The summed E-state index contributed by atoms with van der Waals surface area (Å²) in [5, 5.41) is 9.23. The van der Waals surface area contributed by atoms with Gasteiger partial charge in [-0.25, -0.2) is 9.37 Å². The molecule has 1 aromatic carbocycles. The van der Waals surface area contributed by atoms with Crippen LogP contribution in [0.25, 0.3) is 11.1 Å². The minimum absolute atomic E-state index is 0.294. The first kappa shape index (κ1) is 11.9. The number of nitrogens with zero attached hydrogens (tertiary/aromatic N) is 1. The zero-order valence-electron chi connectivity index (χ0n) is 10.0. The highest BCUT2D eigenvalue weighted by Crippen LogP contribution is 2.35. The summed E-state index contributed by atoms with van der Waals surface area (Å²) in [7, 11) is 0. The molecule has 1 aliphatic rings. The third-order valence-corrected chi connectivity index (χ3v) is 3.43. The van der Waals surface area contributed by atoms with E-state index >= 15 is 0 Å². The molecule has 0 fully saturated rings. The van der Waals surface area contributed by atoms with Crippen molar-refractivity contribution < 1.29 is 18.7 Å². The van der Waals surface area contributed by atoms with Crippen LogP contribution in [0, 0.1) is 11.7 Å². The molecule has 1 N–H and O–H groups in total. The molecule has 4 nitrogen and oxygen atoms in total. The predicted octanol–water partition coefficient (Wildman–Crippen LogP) is 3.10. The van der Waals surface area contributed by atoms with Gasteiger partial charge >= 0.3 is 5.97 Å². The first-order valence-electron chi connectivity index (χ1n) is 6.09. The second-order valence-corrected chi connectivity index (χ2v) is 4.66. The Labute approximate surface area is 108 Å². The Kier molecular flexibility index (Phi) is 2.81. The Morgan fingerprint density at radius 1 is 1.37 bits per heavy atom. The number of benzene rings is 1. The monoisotopic (exact) mass is 261 g/mol. The van der Waals surface area contributed by atoms with Crippen molar-refractivity contribution in [3.63, 3.8) is 0 Å². The summed E-state index contributed by atoms with van der Waals surface area (Å²) in [5.41, 5.74) is 0.906. The van der Waals surface area contributed by atoms with Crippen LogP contribution in [0.4, 0.5) is 4.39 Å². The molecule has 0 bridgehead atoms. The Morgan fingerprint density at radius 2 is 2.16 bits per heavy atom. The molecule has 3 rings (SSSR count). The number of carbonyl (C=O) groups is 1. The maximum atomic E-state index is 13.1. The van der Waals surface area contributed by atoms with Gasteiger partial charge in [-0.3, -0.25) is 4.79 Å². The lowest BCUT2D eigenvalue weighted by Gasteiger charge is -2.21. The Bertz CT molecular complexity index is 662. The van der Waals surface area contributed by atoms with Crippen LogP contribution in [0.5, 0.6) is 0 Å². The summed E-state index contributed by atoms with van der Waals surface area (Å²) in [4.78, 5) is 15.5. The largest absolute Gasteiger partial charge is 0.481 e. The van der Waals surface area contributed by atoms with E-state index in [2.05, 4.69) is 4.98 Å². The highest BCUT2D eigenvalue weighted by Gasteiger charge is 2.33. The van der Waals surface area contributed by atoms with Crippen LogP contribution in [0.15, 0.2) is 34.8 Å². The summed E-state index contributed by atoms with van der Waals surface area (Å²) in [6.07, 6.45) is 4.83. The highest BCUT2D eigenvalue weighted by molar-refractivity contribution is 5.74. The standard InChI is InChI=1S/C14H12FNO3/c15-8-5-6-11-12(7-8)19-13(16-11)9-3-1-2-4-10(9)14(17)18/h1-2,5-7,9-10H,3-4H2,(H,17,18). The van der Waals surface area contributed by atoms with Crippen LogP contribution >= 0.6 is 0 Å². The number of hydrogen-bond donors (Lipinski definition) is 1. The number of carboxylic acids is 1. The van der Waals surface area contributed by atoms with E-state index in [-0.39, 0.29) is 5.92 Å². The van der Waals surface area contributed by atoms with Crippen molar-refractivity contribution in [1.29, 1.82) is 0 Å². The van der Waals surface area contributed by atoms with E-state index in [1.165, 1.54) is 18.2 Å². The number of fused-ring (bicyclic) bond motifs is 1. The summed E-state index contributed by atoms with van der Waals surface area (Å²) in [5.74, 6) is -1.71. The van der Waals surface area contributed by atoms with Crippen molar-refractivity contribution in [3.05, 3.63) is 42.1 Å². The van der Waals surface area contributed by atoms with Crippen molar-refractivity contribution in [2.45, 2.75) is 18.8 Å². The van der Waals surface area contributed by atoms with Crippen molar-refractivity contribution in [3.8, 4) is 0 Å². The van der Waals surface area contributed by atoms with Crippen molar-refractivity contribution in [1.82, 2.24) is 4.98 Å². The van der Waals surface area contributed by atoms with Crippen LogP contribution in [0.1, 0.15) is 24.7 Å². The van der Waals surface area contributed by atoms with Gasteiger partial charge in [0.1, 0.15) is 11.3 Å². The lowest BCUT2D eigenvalue weighted by molar-refractivity contribution is -0.142. The molecule has 19 heavy (non-hydrogen) atoms. The zero-order chi connectivity index (χ0) is 13.4. The maximum absolute atomic E-state index is 13.1. The maximum Gasteiger partial charge on any atom is 0.307 e. The molecule has 2 unspecified atom stereocenters. The van der Waals surface area contributed by atoms with Crippen molar-refractivity contribution in [2.75, 3.05) is 0 Å². The number of oxazole rings is 1. The van der Waals surface area contributed by atoms with Gasteiger partial charge < -0.3 is 9.52 Å². The molecule has 0 aliphatic heterocycles. The third-order valence-electron chi connectivity index (χ3n) is 3.43. The molecule has 2 atom stereocenters. The van der Waals surface area contributed by atoms with E-state index in [1.807, 2.05) is 12.2 Å². The number of hydrogen-bond acceptors (Lipinski definition) is 3. The van der Waals surface area contributed by atoms with Crippen LogP contribution < -0.4 is 0 Å². The first-order valence-corrected chi connectivity index (χ1v) is 6.09. The normalized spacial score (nSPS) is 22.8. The van der Waals surface area contributed by atoms with Gasteiger partial charge in [-0.1, -0.05) is 12.2 Å². The summed E-state index contributed by atoms with van der Waals surface area (Å²) < 4.78 is 18.6. The zero-order valence-corrected chi connectivity index (χ0v) is 10.0. The molecule has 0 radical (unpaired) electrons. The van der Waals surface area contributed by atoms with E-state index in [0.717, 1.165) is 0 Å². The second kappa shape index (κ2) is 4.50. The van der Waals surface area contributed by atoms with Gasteiger partial charge in [0.05, 0.1) is 11.8 Å². The number of carboxylic acid groups (broad SMARTS) is 1. The van der Waals surface area contributed by atoms with E-state index < -0.39 is 17.7 Å². The van der Waals surface area contributed by atoms with Gasteiger partial charge in [0.15, 0.2) is 11.5 Å². The van der Waals surface area contributed by atoms with Crippen LogP contribution in [0.2, 0.25) is 0 Å². The topological polar surface area (TPSA) is 63.3 Å². The first-order chi connectivity index (χ1) is 9.15. The van der Waals surface area contributed by atoms with Crippen LogP contribution in [-0.2, 0) is 4.79 Å². The van der Waals surface area contributed by atoms with Crippen LogP contribution in [-0.4, -0.2) is 16.1 Å². The molecular weight excluding hydrogens is 249 g/mol. The molecule has 2 aromatic rings. The summed E-state index contributed by atoms with van der Waals surface area (Å²) in [6.45, 7) is 0. The fourth-order valence-electron chi connectivity index (χ4n) is 2.43. The Morgan fingerprint density at radius 3 is 2.95 bits per heavy atom. The van der Waals surface area contributed by atoms with Crippen molar-refractivity contribution in [2.24, 2.45) is 5.92 Å². The minimum atomic E-state index is -0.859. The fourth-order valence-corrected chi connectivity index (χ4v) is 2.43. The molecule has 0 saturated carbocycles.